The van der Waals surface area contributed by atoms with E-state index in [1.54, 1.807) is 12.1 Å². The van der Waals surface area contributed by atoms with Gasteiger partial charge in [-0.15, -0.1) is 11.8 Å². The highest BCUT2D eigenvalue weighted by atomic mass is 32.2. The highest BCUT2D eigenvalue weighted by Crippen LogP contribution is 2.49. The number of ketones is 1. The number of halogens is 3. The second kappa shape index (κ2) is 6.81. The van der Waals surface area contributed by atoms with Crippen LogP contribution in [-0.2, 0) is 11.6 Å². The van der Waals surface area contributed by atoms with Gasteiger partial charge < -0.3 is 9.64 Å². The molecular weight excluding hydrogens is 387 g/mol. The van der Waals surface area contributed by atoms with E-state index < -0.39 is 17.2 Å². The Balaban J connectivity index is 1.94. The van der Waals surface area contributed by atoms with Crippen molar-refractivity contribution in [3.63, 3.8) is 0 Å². The summed E-state index contributed by atoms with van der Waals surface area (Å²) in [6.45, 7) is 1.40. The predicted octanol–water partition coefficient (Wildman–Crippen LogP) is 5.38. The minimum Gasteiger partial charge on any atom is -0.456 e. The molecule has 0 atom stereocenters. The van der Waals surface area contributed by atoms with Crippen LogP contribution in [0, 0.1) is 0 Å². The molecule has 0 saturated carbocycles. The van der Waals surface area contributed by atoms with Crippen LogP contribution in [-0.4, -0.2) is 37.1 Å². The van der Waals surface area contributed by atoms with E-state index in [2.05, 4.69) is 4.90 Å². The fourth-order valence-electron chi connectivity index (χ4n) is 4.08. The highest BCUT2D eigenvalue weighted by molar-refractivity contribution is 7.98. The van der Waals surface area contributed by atoms with Gasteiger partial charge in [0.2, 0.25) is 0 Å². The lowest BCUT2D eigenvalue weighted by Gasteiger charge is -2.39. The molecule has 2 aromatic rings. The molecular formula is C21H20F3NO2S. The lowest BCUT2D eigenvalue weighted by molar-refractivity contribution is -0.137. The van der Waals surface area contributed by atoms with Crippen LogP contribution in [0.4, 0.5) is 13.2 Å². The molecule has 0 N–H and O–H groups in total. The average molecular weight is 407 g/mol. The first-order valence-corrected chi connectivity index (χ1v) is 10.3. The Hall–Kier alpha value is -1.99. The molecule has 4 rings (SSSR count). The summed E-state index contributed by atoms with van der Waals surface area (Å²) in [6.07, 6.45) is -1.46. The minimum atomic E-state index is -4.47. The minimum absolute atomic E-state index is 0.0648. The summed E-state index contributed by atoms with van der Waals surface area (Å²) in [6, 6.07) is 8.80. The number of nitrogens with zero attached hydrogens (tertiary/aromatic N) is 1. The molecule has 0 aliphatic carbocycles. The van der Waals surface area contributed by atoms with Crippen molar-refractivity contribution in [1.29, 1.82) is 0 Å². The van der Waals surface area contributed by atoms with Gasteiger partial charge in [0.25, 0.3) is 0 Å². The molecule has 2 aliphatic rings. The maximum absolute atomic E-state index is 13.7. The number of piperidine rings is 1. The SMILES string of the molecule is CSc1ccc2c(c1)C(=O)C1(CCN(C)CC1)c1ccc(C(F)(F)F)cc1O2. The van der Waals surface area contributed by atoms with E-state index >= 15 is 0 Å². The maximum atomic E-state index is 13.7. The number of fused-ring (bicyclic) bond motifs is 3. The van der Waals surface area contributed by atoms with Gasteiger partial charge in [-0.2, -0.15) is 13.2 Å². The van der Waals surface area contributed by atoms with Gasteiger partial charge in [-0.05, 0) is 69.6 Å². The first kappa shape index (κ1) is 19.3. The van der Waals surface area contributed by atoms with Crippen LogP contribution in [0.5, 0.6) is 11.5 Å². The zero-order valence-corrected chi connectivity index (χ0v) is 16.4. The summed E-state index contributed by atoms with van der Waals surface area (Å²) in [5, 5.41) is 0. The topological polar surface area (TPSA) is 29.5 Å². The van der Waals surface area contributed by atoms with Crippen LogP contribution >= 0.6 is 11.8 Å². The third-order valence-electron chi connectivity index (χ3n) is 5.75. The third-order valence-corrected chi connectivity index (χ3v) is 6.48. The number of hydrogen-bond donors (Lipinski definition) is 0. The van der Waals surface area contributed by atoms with E-state index in [0.29, 0.717) is 42.8 Å². The number of carbonyl (C=O) groups excluding carboxylic acids is 1. The Morgan fingerprint density at radius 1 is 1.07 bits per heavy atom. The van der Waals surface area contributed by atoms with Gasteiger partial charge in [-0.25, -0.2) is 0 Å². The largest absolute Gasteiger partial charge is 0.456 e. The predicted molar refractivity (Wildman–Crippen MR) is 102 cm³/mol. The van der Waals surface area contributed by atoms with Crippen LogP contribution in [0.2, 0.25) is 0 Å². The molecule has 2 heterocycles. The van der Waals surface area contributed by atoms with E-state index in [4.69, 9.17) is 4.74 Å². The van der Waals surface area contributed by atoms with Gasteiger partial charge >= 0.3 is 6.18 Å². The van der Waals surface area contributed by atoms with Crippen LogP contribution < -0.4 is 4.74 Å². The first-order valence-electron chi connectivity index (χ1n) is 9.05. The molecule has 0 bridgehead atoms. The van der Waals surface area contributed by atoms with Gasteiger partial charge in [-0.1, -0.05) is 6.07 Å². The van der Waals surface area contributed by atoms with Gasteiger partial charge in [-0.3, -0.25) is 4.79 Å². The zero-order valence-electron chi connectivity index (χ0n) is 15.6. The number of alkyl halides is 3. The van der Waals surface area contributed by atoms with Gasteiger partial charge in [0.05, 0.1) is 16.5 Å². The standard InChI is InChI=1S/C21H20F3NO2S/c1-25-9-7-20(8-10-25)16-5-3-13(21(22,23)24)11-18(16)27-17-6-4-14(28-2)12-15(17)19(20)26/h3-6,11-12H,7-10H2,1-2H3. The number of benzene rings is 2. The highest BCUT2D eigenvalue weighted by Gasteiger charge is 2.47. The summed E-state index contributed by atoms with van der Waals surface area (Å²) in [4.78, 5) is 16.8. The molecule has 1 fully saturated rings. The lowest BCUT2D eigenvalue weighted by atomic mass is 9.68. The van der Waals surface area contributed by atoms with E-state index in [1.165, 1.54) is 17.8 Å². The van der Waals surface area contributed by atoms with Crippen molar-refractivity contribution < 1.29 is 22.7 Å². The molecule has 1 saturated heterocycles. The Morgan fingerprint density at radius 2 is 1.79 bits per heavy atom. The van der Waals surface area contributed by atoms with Crippen molar-refractivity contribution in [2.24, 2.45) is 0 Å². The summed E-state index contributed by atoms with van der Waals surface area (Å²) >= 11 is 1.51. The summed E-state index contributed by atoms with van der Waals surface area (Å²) < 4.78 is 45.8. The van der Waals surface area contributed by atoms with E-state index in [-0.39, 0.29) is 11.5 Å². The Kier molecular flexibility index (Phi) is 4.70. The van der Waals surface area contributed by atoms with Gasteiger partial charge in [0.1, 0.15) is 11.5 Å². The van der Waals surface area contributed by atoms with Gasteiger partial charge in [0, 0.05) is 10.5 Å². The van der Waals surface area contributed by atoms with E-state index in [0.717, 1.165) is 17.0 Å². The number of thioether (sulfide) groups is 1. The molecule has 0 unspecified atom stereocenters. The van der Waals surface area contributed by atoms with E-state index in [1.807, 2.05) is 19.4 Å². The van der Waals surface area contributed by atoms with Crippen molar-refractivity contribution in [3.05, 3.63) is 53.1 Å². The second-order valence-corrected chi connectivity index (χ2v) is 8.27. The fraction of sp³-hybridized carbons (Fsp3) is 0.381. The number of carbonyl (C=O) groups is 1. The number of hydrogen-bond acceptors (Lipinski definition) is 4. The fourth-order valence-corrected chi connectivity index (χ4v) is 4.52. The number of Topliss-reactive ketones (excluding diaryl/α,β-unsaturated/α-hetero) is 1. The Labute approximate surface area is 165 Å². The van der Waals surface area contributed by atoms with Crippen LogP contribution in [0.1, 0.15) is 34.3 Å². The van der Waals surface area contributed by atoms with Crippen molar-refractivity contribution in [1.82, 2.24) is 4.90 Å². The van der Waals surface area contributed by atoms with Crippen molar-refractivity contribution >= 4 is 17.5 Å². The summed E-state index contributed by atoms with van der Waals surface area (Å²) in [5.74, 6) is 0.382. The molecule has 3 nitrogen and oxygen atoms in total. The molecule has 2 aromatic carbocycles. The normalized spacial score (nSPS) is 19.0. The van der Waals surface area contributed by atoms with Crippen molar-refractivity contribution in [2.75, 3.05) is 26.4 Å². The van der Waals surface area contributed by atoms with E-state index in [9.17, 15) is 18.0 Å². The molecule has 148 valence electrons. The molecule has 0 aromatic heterocycles. The molecule has 7 heteroatoms. The monoisotopic (exact) mass is 407 g/mol. The lowest BCUT2D eigenvalue weighted by Crippen LogP contribution is -2.45. The number of ether oxygens (including phenoxy) is 1. The van der Waals surface area contributed by atoms with Crippen LogP contribution in [0.25, 0.3) is 0 Å². The maximum Gasteiger partial charge on any atom is 0.416 e. The van der Waals surface area contributed by atoms with Crippen LogP contribution in [0.3, 0.4) is 0 Å². The number of rotatable bonds is 1. The smallest absolute Gasteiger partial charge is 0.416 e. The molecule has 0 amide bonds. The Morgan fingerprint density at radius 3 is 2.43 bits per heavy atom. The Bertz CT molecular complexity index is 934. The first-order chi connectivity index (χ1) is 13.2. The van der Waals surface area contributed by atoms with Crippen molar-refractivity contribution in [2.45, 2.75) is 29.3 Å². The van der Waals surface area contributed by atoms with Gasteiger partial charge in [0.15, 0.2) is 5.78 Å². The quantitative estimate of drug-likeness (QED) is 0.594. The summed E-state index contributed by atoms with van der Waals surface area (Å²) in [7, 11) is 1.98. The molecule has 1 spiro atoms. The molecule has 0 radical (unpaired) electrons. The van der Waals surface area contributed by atoms with Crippen LogP contribution in [0.15, 0.2) is 41.3 Å². The third kappa shape index (κ3) is 3.10. The second-order valence-electron chi connectivity index (χ2n) is 7.39. The molecule has 28 heavy (non-hydrogen) atoms. The number of likely N-dealkylation sites (tertiary alicyclic amines) is 1. The summed E-state index contributed by atoms with van der Waals surface area (Å²) in [5.41, 5.74) is -0.638. The molecule has 2 aliphatic heterocycles. The van der Waals surface area contributed by atoms with Crippen molar-refractivity contribution in [3.8, 4) is 11.5 Å². The zero-order chi connectivity index (χ0) is 20.1. The average Bonchev–Trinajstić information content (AvgIpc) is 2.76.